The van der Waals surface area contributed by atoms with E-state index in [1.165, 1.54) is 4.88 Å². The van der Waals surface area contributed by atoms with Crippen LogP contribution >= 0.6 is 11.3 Å². The lowest BCUT2D eigenvalue weighted by Gasteiger charge is -2.19. The first-order valence-electron chi connectivity index (χ1n) is 6.46. The molecule has 0 amide bonds. The van der Waals surface area contributed by atoms with Crippen LogP contribution in [0.4, 0.5) is 0 Å². The SMILES string of the molecule is COc1ccc(C2NNCC2c2cnc(C)s2)c(O)c1. The van der Waals surface area contributed by atoms with Gasteiger partial charge in [0.05, 0.1) is 18.2 Å². The lowest BCUT2D eigenvalue weighted by Crippen LogP contribution is -2.24. The minimum Gasteiger partial charge on any atom is -0.507 e. The third kappa shape index (κ3) is 2.37. The summed E-state index contributed by atoms with van der Waals surface area (Å²) in [4.78, 5) is 5.54. The molecule has 6 heteroatoms. The Balaban J connectivity index is 1.92. The summed E-state index contributed by atoms with van der Waals surface area (Å²) in [6.07, 6.45) is 1.92. The molecule has 0 spiro atoms. The molecule has 2 unspecified atom stereocenters. The largest absolute Gasteiger partial charge is 0.507 e. The van der Waals surface area contributed by atoms with E-state index in [-0.39, 0.29) is 17.7 Å². The normalized spacial score (nSPS) is 22.1. The van der Waals surface area contributed by atoms with Crippen LogP contribution in [-0.2, 0) is 0 Å². The fourth-order valence-corrected chi connectivity index (χ4v) is 3.44. The lowest BCUT2D eigenvalue weighted by atomic mass is 9.93. The molecule has 5 nitrogen and oxygen atoms in total. The molecule has 106 valence electrons. The maximum Gasteiger partial charge on any atom is 0.124 e. The van der Waals surface area contributed by atoms with E-state index >= 15 is 0 Å². The molecule has 0 aliphatic carbocycles. The van der Waals surface area contributed by atoms with Crippen molar-refractivity contribution in [3.05, 3.63) is 39.8 Å². The molecular weight excluding hydrogens is 274 g/mol. The molecule has 1 aromatic carbocycles. The minimum absolute atomic E-state index is 0.0285. The number of hydrogen-bond donors (Lipinski definition) is 3. The van der Waals surface area contributed by atoms with Crippen molar-refractivity contribution in [3.8, 4) is 11.5 Å². The van der Waals surface area contributed by atoms with Crippen molar-refractivity contribution in [2.45, 2.75) is 18.9 Å². The van der Waals surface area contributed by atoms with Gasteiger partial charge >= 0.3 is 0 Å². The number of benzene rings is 1. The molecule has 0 radical (unpaired) electrons. The third-order valence-corrected chi connectivity index (χ3v) is 4.60. The number of nitrogens with one attached hydrogen (secondary N) is 2. The fourth-order valence-electron chi connectivity index (χ4n) is 2.52. The molecule has 0 bridgehead atoms. The van der Waals surface area contributed by atoms with Crippen molar-refractivity contribution in [2.24, 2.45) is 0 Å². The topological polar surface area (TPSA) is 66.4 Å². The molecule has 2 heterocycles. The molecule has 1 saturated heterocycles. The van der Waals surface area contributed by atoms with Crippen molar-refractivity contribution in [3.63, 3.8) is 0 Å². The van der Waals surface area contributed by atoms with Gasteiger partial charge in [0.2, 0.25) is 0 Å². The molecular formula is C14H17N3O2S. The molecule has 3 N–H and O–H groups in total. The second-order valence-corrected chi connectivity index (χ2v) is 6.08. The van der Waals surface area contributed by atoms with Crippen LogP contribution in [0.15, 0.2) is 24.4 Å². The lowest BCUT2D eigenvalue weighted by molar-refractivity contribution is 0.403. The van der Waals surface area contributed by atoms with Crippen LogP contribution in [0.3, 0.4) is 0 Å². The Bertz CT molecular complexity index is 614. The van der Waals surface area contributed by atoms with Crippen molar-refractivity contribution >= 4 is 11.3 Å². The number of ether oxygens (including phenoxy) is 1. The number of hydrazine groups is 1. The highest BCUT2D eigenvalue weighted by Gasteiger charge is 2.32. The number of phenolic OH excluding ortho intramolecular Hbond substituents is 1. The number of aromatic hydroxyl groups is 1. The number of methoxy groups -OCH3 is 1. The van der Waals surface area contributed by atoms with Gasteiger partial charge in [-0.05, 0) is 13.0 Å². The van der Waals surface area contributed by atoms with Gasteiger partial charge in [-0.25, -0.2) is 10.4 Å². The summed E-state index contributed by atoms with van der Waals surface area (Å²) < 4.78 is 5.12. The minimum atomic E-state index is 0.0285. The molecule has 20 heavy (non-hydrogen) atoms. The first kappa shape index (κ1) is 13.4. The maximum atomic E-state index is 10.2. The smallest absolute Gasteiger partial charge is 0.124 e. The Labute approximate surface area is 121 Å². The average molecular weight is 291 g/mol. The third-order valence-electron chi connectivity index (χ3n) is 3.56. The first-order chi connectivity index (χ1) is 9.69. The summed E-state index contributed by atoms with van der Waals surface area (Å²) in [5.74, 6) is 1.17. The van der Waals surface area contributed by atoms with Crippen molar-refractivity contribution in [2.75, 3.05) is 13.7 Å². The van der Waals surface area contributed by atoms with E-state index in [0.29, 0.717) is 5.75 Å². The van der Waals surface area contributed by atoms with Crippen LogP contribution in [0, 0.1) is 6.92 Å². The summed E-state index contributed by atoms with van der Waals surface area (Å²) in [6, 6.07) is 5.44. The van der Waals surface area contributed by atoms with E-state index in [9.17, 15) is 5.11 Å². The Morgan fingerprint density at radius 2 is 2.30 bits per heavy atom. The predicted octanol–water partition coefficient (Wildman–Crippen LogP) is 2.10. The number of thiazole rings is 1. The zero-order chi connectivity index (χ0) is 14.1. The van der Waals surface area contributed by atoms with Gasteiger partial charge in [0.15, 0.2) is 0 Å². The Morgan fingerprint density at radius 3 is 2.95 bits per heavy atom. The number of nitrogens with zero attached hydrogens (tertiary/aromatic N) is 1. The van der Waals surface area contributed by atoms with E-state index in [1.807, 2.05) is 25.3 Å². The van der Waals surface area contributed by atoms with Gasteiger partial charge in [0.1, 0.15) is 11.5 Å². The Morgan fingerprint density at radius 1 is 1.45 bits per heavy atom. The molecule has 2 atom stereocenters. The van der Waals surface area contributed by atoms with Crippen LogP contribution in [0.25, 0.3) is 0 Å². The van der Waals surface area contributed by atoms with E-state index < -0.39 is 0 Å². The summed E-state index contributed by atoms with van der Waals surface area (Å²) in [6.45, 7) is 2.82. The summed E-state index contributed by atoms with van der Waals surface area (Å²) in [5, 5.41) is 11.3. The number of aromatic nitrogens is 1. The van der Waals surface area contributed by atoms with Crippen LogP contribution in [0.1, 0.15) is 27.4 Å². The summed E-state index contributed by atoms with van der Waals surface area (Å²) in [5.41, 5.74) is 7.28. The highest BCUT2D eigenvalue weighted by atomic mass is 32.1. The second-order valence-electron chi connectivity index (χ2n) is 4.82. The maximum absolute atomic E-state index is 10.2. The van der Waals surface area contributed by atoms with Gasteiger partial charge in [0, 0.05) is 35.2 Å². The summed E-state index contributed by atoms with van der Waals surface area (Å²) >= 11 is 1.70. The zero-order valence-electron chi connectivity index (χ0n) is 11.4. The zero-order valence-corrected chi connectivity index (χ0v) is 12.2. The standard InChI is InChI=1S/C14H17N3O2S/c1-8-15-7-13(20-8)11-6-16-17-14(11)10-4-3-9(19-2)5-12(10)18/h3-5,7,11,14,16-18H,6H2,1-2H3. The number of rotatable bonds is 3. The van der Waals surface area contributed by atoms with Crippen LogP contribution < -0.4 is 15.6 Å². The monoisotopic (exact) mass is 291 g/mol. The van der Waals surface area contributed by atoms with Gasteiger partial charge in [-0.1, -0.05) is 6.07 Å². The highest BCUT2D eigenvalue weighted by molar-refractivity contribution is 7.11. The average Bonchev–Trinajstić information content (AvgIpc) is 3.07. The molecule has 1 fully saturated rings. The number of phenols is 1. The quantitative estimate of drug-likeness (QED) is 0.808. The first-order valence-corrected chi connectivity index (χ1v) is 7.28. The van der Waals surface area contributed by atoms with Gasteiger partial charge in [-0.15, -0.1) is 11.3 Å². The van der Waals surface area contributed by atoms with E-state index in [2.05, 4.69) is 15.8 Å². The van der Waals surface area contributed by atoms with E-state index in [1.54, 1.807) is 24.5 Å². The van der Waals surface area contributed by atoms with E-state index in [4.69, 9.17) is 4.74 Å². The predicted molar refractivity (Wildman–Crippen MR) is 78.1 cm³/mol. The van der Waals surface area contributed by atoms with Crippen molar-refractivity contribution in [1.29, 1.82) is 0 Å². The molecule has 1 aliphatic rings. The highest BCUT2D eigenvalue weighted by Crippen LogP contribution is 2.39. The van der Waals surface area contributed by atoms with Crippen molar-refractivity contribution < 1.29 is 9.84 Å². The van der Waals surface area contributed by atoms with Gasteiger partial charge in [-0.3, -0.25) is 5.43 Å². The Kier molecular flexibility index (Phi) is 3.60. The van der Waals surface area contributed by atoms with Crippen LogP contribution in [0.2, 0.25) is 0 Å². The van der Waals surface area contributed by atoms with Gasteiger partial charge in [0.25, 0.3) is 0 Å². The van der Waals surface area contributed by atoms with Crippen LogP contribution in [0.5, 0.6) is 11.5 Å². The molecule has 1 aromatic heterocycles. The fraction of sp³-hybridized carbons (Fsp3) is 0.357. The van der Waals surface area contributed by atoms with Crippen LogP contribution in [-0.4, -0.2) is 23.7 Å². The number of hydrogen-bond acceptors (Lipinski definition) is 6. The second kappa shape index (κ2) is 5.40. The van der Waals surface area contributed by atoms with E-state index in [0.717, 1.165) is 17.1 Å². The molecule has 0 saturated carbocycles. The number of aryl methyl sites for hydroxylation is 1. The Hall–Kier alpha value is -1.63. The summed E-state index contributed by atoms with van der Waals surface area (Å²) in [7, 11) is 1.59. The van der Waals surface area contributed by atoms with Gasteiger partial charge < -0.3 is 9.84 Å². The van der Waals surface area contributed by atoms with Crippen molar-refractivity contribution in [1.82, 2.24) is 15.8 Å². The molecule has 1 aliphatic heterocycles. The molecule has 2 aromatic rings. The molecule has 3 rings (SSSR count). The van der Waals surface area contributed by atoms with Gasteiger partial charge in [-0.2, -0.15) is 0 Å².